The van der Waals surface area contributed by atoms with Crippen LogP contribution in [-0.2, 0) is 0 Å². The first-order valence-electron chi connectivity index (χ1n) is 4.83. The van der Waals surface area contributed by atoms with Crippen molar-refractivity contribution in [1.82, 2.24) is 0 Å². The molecule has 0 aromatic heterocycles. The van der Waals surface area contributed by atoms with Gasteiger partial charge >= 0.3 is 0 Å². The maximum atomic E-state index is 13.3. The Balaban J connectivity index is 2.41. The average molecular weight is 292 g/mol. The summed E-state index contributed by atoms with van der Waals surface area (Å²) < 4.78 is 19.6. The quantitative estimate of drug-likeness (QED) is 0.828. The second-order valence-electron chi connectivity index (χ2n) is 3.26. The van der Waals surface area contributed by atoms with Gasteiger partial charge in [0.15, 0.2) is 0 Å². The smallest absolute Gasteiger partial charge is 0.148 e. The van der Waals surface area contributed by atoms with Crippen LogP contribution in [0.2, 0.25) is 0 Å². The van der Waals surface area contributed by atoms with Gasteiger partial charge in [-0.1, -0.05) is 18.2 Å². The van der Waals surface area contributed by atoms with E-state index in [2.05, 4.69) is 15.9 Å². The van der Waals surface area contributed by atoms with E-state index in [0.717, 1.165) is 4.47 Å². The van der Waals surface area contributed by atoms with Crippen molar-refractivity contribution in [2.45, 2.75) is 0 Å². The van der Waals surface area contributed by atoms with Gasteiger partial charge in [-0.15, -0.1) is 0 Å². The van der Waals surface area contributed by atoms with Crippen molar-refractivity contribution >= 4 is 15.9 Å². The normalized spacial score (nSPS) is 9.71. The van der Waals surface area contributed by atoms with Crippen molar-refractivity contribution in [1.29, 1.82) is 5.26 Å². The second kappa shape index (κ2) is 4.98. The molecular weight excluding hydrogens is 285 g/mol. The number of rotatable bonds is 2. The first kappa shape index (κ1) is 11.6. The summed E-state index contributed by atoms with van der Waals surface area (Å²) in [7, 11) is 0. The molecule has 0 spiro atoms. The van der Waals surface area contributed by atoms with E-state index in [9.17, 15) is 4.39 Å². The number of hydrogen-bond acceptors (Lipinski definition) is 2. The fourth-order valence-electron chi connectivity index (χ4n) is 1.34. The summed E-state index contributed by atoms with van der Waals surface area (Å²) in [5.74, 6) is 0.158. The molecule has 0 heterocycles. The van der Waals surface area contributed by atoms with Crippen LogP contribution in [0.25, 0.3) is 0 Å². The minimum absolute atomic E-state index is 0.0942. The zero-order valence-corrected chi connectivity index (χ0v) is 10.2. The highest BCUT2D eigenvalue weighted by atomic mass is 79.9. The molecule has 0 unspecified atom stereocenters. The van der Waals surface area contributed by atoms with Gasteiger partial charge in [0.25, 0.3) is 0 Å². The van der Waals surface area contributed by atoms with Gasteiger partial charge in [-0.2, -0.15) is 5.26 Å². The zero-order valence-electron chi connectivity index (χ0n) is 8.65. The van der Waals surface area contributed by atoms with E-state index in [4.69, 9.17) is 10.00 Å². The van der Waals surface area contributed by atoms with Gasteiger partial charge in [-0.05, 0) is 40.2 Å². The van der Waals surface area contributed by atoms with Crippen LogP contribution in [0, 0.1) is 17.1 Å². The molecule has 0 amide bonds. The molecule has 0 saturated heterocycles. The summed E-state index contributed by atoms with van der Waals surface area (Å²) in [6, 6.07) is 13.3. The fraction of sp³-hybridized carbons (Fsp3) is 0. The lowest BCUT2D eigenvalue weighted by Crippen LogP contribution is -1.91. The van der Waals surface area contributed by atoms with E-state index in [0.29, 0.717) is 5.75 Å². The minimum Gasteiger partial charge on any atom is -0.455 e. The van der Waals surface area contributed by atoms with Crippen molar-refractivity contribution in [2.75, 3.05) is 0 Å². The zero-order chi connectivity index (χ0) is 12.3. The number of ether oxygens (including phenoxy) is 1. The van der Waals surface area contributed by atoms with Crippen LogP contribution in [0.1, 0.15) is 5.56 Å². The molecule has 4 heteroatoms. The third-order valence-corrected chi connectivity index (χ3v) is 2.80. The summed E-state index contributed by atoms with van der Waals surface area (Å²) in [5, 5.41) is 8.86. The van der Waals surface area contributed by atoms with Crippen LogP contribution < -0.4 is 4.74 Å². The van der Waals surface area contributed by atoms with Crippen LogP contribution in [0.5, 0.6) is 11.5 Å². The van der Waals surface area contributed by atoms with Gasteiger partial charge in [0.1, 0.15) is 28.9 Å². The summed E-state index contributed by atoms with van der Waals surface area (Å²) in [6.07, 6.45) is 0. The Bertz CT molecular complexity index is 592. The number of halogens is 2. The van der Waals surface area contributed by atoms with Gasteiger partial charge < -0.3 is 4.74 Å². The SMILES string of the molecule is N#Cc1c(F)cccc1Oc1ccccc1Br. The maximum Gasteiger partial charge on any atom is 0.148 e. The molecule has 84 valence electrons. The van der Waals surface area contributed by atoms with E-state index in [-0.39, 0.29) is 11.3 Å². The molecule has 0 aliphatic heterocycles. The molecule has 0 aliphatic rings. The third kappa shape index (κ3) is 2.45. The molecule has 0 atom stereocenters. The molecule has 0 N–H and O–H groups in total. The molecule has 2 rings (SSSR count). The van der Waals surface area contributed by atoms with E-state index in [1.165, 1.54) is 12.1 Å². The van der Waals surface area contributed by atoms with Gasteiger partial charge in [0.2, 0.25) is 0 Å². The second-order valence-corrected chi connectivity index (χ2v) is 4.11. The van der Waals surface area contributed by atoms with Crippen molar-refractivity contribution in [3.63, 3.8) is 0 Å². The maximum absolute atomic E-state index is 13.3. The molecule has 0 bridgehead atoms. The highest BCUT2D eigenvalue weighted by Gasteiger charge is 2.10. The van der Waals surface area contributed by atoms with Crippen LogP contribution in [-0.4, -0.2) is 0 Å². The molecule has 17 heavy (non-hydrogen) atoms. The highest BCUT2D eigenvalue weighted by molar-refractivity contribution is 9.10. The number of para-hydroxylation sites is 1. The molecule has 2 nitrogen and oxygen atoms in total. The largest absolute Gasteiger partial charge is 0.455 e. The molecule has 0 radical (unpaired) electrons. The summed E-state index contributed by atoms with van der Waals surface area (Å²) in [4.78, 5) is 0. The molecular formula is C13H7BrFNO. The van der Waals surface area contributed by atoms with Crippen molar-refractivity contribution in [3.05, 3.63) is 58.3 Å². The van der Waals surface area contributed by atoms with E-state index < -0.39 is 5.82 Å². The van der Waals surface area contributed by atoms with Gasteiger partial charge in [-0.25, -0.2) is 4.39 Å². The number of hydrogen-bond donors (Lipinski definition) is 0. The predicted molar refractivity (Wildman–Crippen MR) is 65.3 cm³/mol. The average Bonchev–Trinajstić information content (AvgIpc) is 2.32. The highest BCUT2D eigenvalue weighted by Crippen LogP contribution is 2.31. The van der Waals surface area contributed by atoms with Gasteiger partial charge in [0.05, 0.1) is 4.47 Å². The number of benzene rings is 2. The Hall–Kier alpha value is -1.86. The fourth-order valence-corrected chi connectivity index (χ4v) is 1.71. The Labute approximate surface area is 106 Å². The first-order valence-corrected chi connectivity index (χ1v) is 5.62. The third-order valence-electron chi connectivity index (χ3n) is 2.14. The van der Waals surface area contributed by atoms with Crippen molar-refractivity contribution < 1.29 is 9.13 Å². The van der Waals surface area contributed by atoms with Crippen LogP contribution >= 0.6 is 15.9 Å². The van der Waals surface area contributed by atoms with Crippen LogP contribution in [0.3, 0.4) is 0 Å². The molecule has 0 aliphatic carbocycles. The molecule has 0 fully saturated rings. The Morgan fingerprint density at radius 3 is 2.47 bits per heavy atom. The van der Waals surface area contributed by atoms with Gasteiger partial charge in [-0.3, -0.25) is 0 Å². The lowest BCUT2D eigenvalue weighted by Gasteiger charge is -2.08. The van der Waals surface area contributed by atoms with Crippen molar-refractivity contribution in [2.24, 2.45) is 0 Å². The Morgan fingerprint density at radius 1 is 1.06 bits per heavy atom. The van der Waals surface area contributed by atoms with Crippen LogP contribution in [0.15, 0.2) is 46.9 Å². The number of nitriles is 1. The van der Waals surface area contributed by atoms with E-state index in [1.807, 2.05) is 6.07 Å². The summed E-state index contributed by atoms with van der Waals surface area (Å²) >= 11 is 3.32. The lowest BCUT2D eigenvalue weighted by atomic mass is 10.2. The summed E-state index contributed by atoms with van der Waals surface area (Å²) in [6.45, 7) is 0. The lowest BCUT2D eigenvalue weighted by molar-refractivity contribution is 0.471. The van der Waals surface area contributed by atoms with E-state index in [1.54, 1.807) is 30.3 Å². The van der Waals surface area contributed by atoms with Crippen molar-refractivity contribution in [3.8, 4) is 17.6 Å². The molecule has 2 aromatic carbocycles. The first-order chi connectivity index (χ1) is 8.22. The van der Waals surface area contributed by atoms with Gasteiger partial charge in [0, 0.05) is 0 Å². The topological polar surface area (TPSA) is 33.0 Å². The Kier molecular flexibility index (Phi) is 3.40. The summed E-state index contributed by atoms with van der Waals surface area (Å²) in [5.41, 5.74) is -0.0942. The minimum atomic E-state index is -0.586. The molecule has 0 saturated carbocycles. The Morgan fingerprint density at radius 2 is 1.76 bits per heavy atom. The monoisotopic (exact) mass is 291 g/mol. The standard InChI is InChI=1S/C13H7BrFNO/c14-10-4-1-2-6-13(10)17-12-7-3-5-11(15)9(12)8-16/h1-7H. The van der Waals surface area contributed by atoms with E-state index >= 15 is 0 Å². The predicted octanol–water partition coefficient (Wildman–Crippen LogP) is 4.25. The van der Waals surface area contributed by atoms with Crippen LogP contribution in [0.4, 0.5) is 4.39 Å². The molecule has 2 aromatic rings. The number of nitrogens with zero attached hydrogens (tertiary/aromatic N) is 1.